The Morgan fingerprint density at radius 1 is 1.11 bits per heavy atom. The average molecular weight is 278 g/mol. The third kappa shape index (κ3) is 3.71. The highest BCUT2D eigenvalue weighted by Gasteiger charge is 2.05. The first-order valence-electron chi connectivity index (χ1n) is 6.46. The van der Waals surface area contributed by atoms with Gasteiger partial charge in [0.25, 0.3) is 0 Å². The highest BCUT2D eigenvalue weighted by atomic mass is 35.5. The maximum absolute atomic E-state index is 13.3. The number of hydrogen-bond donors (Lipinski definition) is 1. The minimum absolute atomic E-state index is 0.192. The largest absolute Gasteiger partial charge is 0.381 e. The lowest BCUT2D eigenvalue weighted by molar-refractivity contribution is 0.626. The van der Waals surface area contributed by atoms with Gasteiger partial charge in [0, 0.05) is 12.2 Å². The van der Waals surface area contributed by atoms with Gasteiger partial charge in [0.2, 0.25) is 0 Å². The van der Waals surface area contributed by atoms with Gasteiger partial charge in [-0.05, 0) is 35.7 Å². The number of nitrogens with one attached hydrogen (secondary N) is 1. The van der Waals surface area contributed by atoms with Crippen LogP contribution in [0.5, 0.6) is 0 Å². The first-order chi connectivity index (χ1) is 9.20. The van der Waals surface area contributed by atoms with Gasteiger partial charge >= 0.3 is 0 Å². The van der Waals surface area contributed by atoms with Crippen molar-refractivity contribution in [1.29, 1.82) is 0 Å². The van der Waals surface area contributed by atoms with Gasteiger partial charge in [-0.3, -0.25) is 0 Å². The number of halogens is 2. The van der Waals surface area contributed by atoms with Crippen molar-refractivity contribution in [1.82, 2.24) is 0 Å². The zero-order valence-electron chi connectivity index (χ0n) is 10.9. The van der Waals surface area contributed by atoms with Crippen molar-refractivity contribution in [2.45, 2.75) is 26.3 Å². The molecule has 0 spiro atoms. The molecule has 0 amide bonds. The van der Waals surface area contributed by atoms with Crippen LogP contribution < -0.4 is 5.32 Å². The lowest BCUT2D eigenvalue weighted by Crippen LogP contribution is -2.01. The van der Waals surface area contributed by atoms with Gasteiger partial charge < -0.3 is 5.32 Å². The topological polar surface area (TPSA) is 12.0 Å². The van der Waals surface area contributed by atoms with Gasteiger partial charge in [-0.1, -0.05) is 49.2 Å². The van der Waals surface area contributed by atoms with E-state index in [2.05, 4.69) is 24.4 Å². The number of rotatable bonds is 5. The molecule has 0 aliphatic carbocycles. The minimum Gasteiger partial charge on any atom is -0.381 e. The zero-order chi connectivity index (χ0) is 13.7. The molecule has 0 heterocycles. The van der Waals surface area contributed by atoms with Crippen molar-refractivity contribution in [3.8, 4) is 0 Å². The molecule has 1 N–H and O–H groups in total. The molecule has 100 valence electrons. The Bertz CT molecular complexity index is 537. The second kappa shape index (κ2) is 6.58. The van der Waals surface area contributed by atoms with Crippen LogP contribution in [0.4, 0.5) is 10.1 Å². The summed E-state index contributed by atoms with van der Waals surface area (Å²) in [5.41, 5.74) is 3.11. The first-order valence-corrected chi connectivity index (χ1v) is 6.84. The van der Waals surface area contributed by atoms with Gasteiger partial charge in [0.15, 0.2) is 0 Å². The third-order valence-electron chi connectivity index (χ3n) is 3.01. The van der Waals surface area contributed by atoms with E-state index in [1.165, 1.54) is 11.6 Å². The fourth-order valence-electron chi connectivity index (χ4n) is 1.96. The predicted octanol–water partition coefficient (Wildman–Crippen LogP) is 5.04. The lowest BCUT2D eigenvalue weighted by Gasteiger charge is -2.09. The Kier molecular flexibility index (Phi) is 4.80. The molecular formula is C16H17ClFN. The second-order valence-corrected chi connectivity index (χ2v) is 4.89. The maximum Gasteiger partial charge on any atom is 0.142 e. The Balaban J connectivity index is 2.00. The third-order valence-corrected chi connectivity index (χ3v) is 3.43. The average Bonchev–Trinajstić information content (AvgIpc) is 2.42. The van der Waals surface area contributed by atoms with E-state index < -0.39 is 0 Å². The summed E-state index contributed by atoms with van der Waals surface area (Å²) in [6, 6.07) is 13.2. The van der Waals surface area contributed by atoms with E-state index in [1.54, 1.807) is 6.07 Å². The highest BCUT2D eigenvalue weighted by Crippen LogP contribution is 2.21. The van der Waals surface area contributed by atoms with Crippen molar-refractivity contribution in [3.63, 3.8) is 0 Å². The van der Waals surface area contributed by atoms with Gasteiger partial charge in [0.1, 0.15) is 5.82 Å². The molecule has 0 aromatic heterocycles. The molecule has 0 bridgehead atoms. The molecule has 2 rings (SSSR count). The first kappa shape index (κ1) is 13.9. The van der Waals surface area contributed by atoms with Crippen molar-refractivity contribution < 1.29 is 4.39 Å². The Labute approximate surface area is 118 Å². The van der Waals surface area contributed by atoms with Gasteiger partial charge in [0.05, 0.1) is 5.02 Å². The quantitative estimate of drug-likeness (QED) is 0.807. The van der Waals surface area contributed by atoms with E-state index >= 15 is 0 Å². The highest BCUT2D eigenvalue weighted by molar-refractivity contribution is 6.31. The van der Waals surface area contributed by atoms with E-state index in [0.717, 1.165) is 24.1 Å². The number of anilines is 1. The number of benzene rings is 2. The standard InChI is InChI=1S/C16H17ClFN/c1-2-4-12-7-9-14(10-8-12)19-11-13-5-3-6-15(18)16(13)17/h3,5-10,19H,2,4,11H2,1H3. The summed E-state index contributed by atoms with van der Waals surface area (Å²) in [5.74, 6) is -0.376. The summed E-state index contributed by atoms with van der Waals surface area (Å²) < 4.78 is 13.3. The van der Waals surface area contributed by atoms with Crippen LogP contribution in [-0.2, 0) is 13.0 Å². The molecule has 1 nitrogen and oxygen atoms in total. The van der Waals surface area contributed by atoms with Crippen molar-refractivity contribution in [2.75, 3.05) is 5.32 Å². The molecule has 0 aliphatic heterocycles. The van der Waals surface area contributed by atoms with E-state index in [1.807, 2.05) is 18.2 Å². The molecule has 0 saturated carbocycles. The van der Waals surface area contributed by atoms with Gasteiger partial charge in [-0.25, -0.2) is 4.39 Å². The van der Waals surface area contributed by atoms with Crippen LogP contribution in [0.2, 0.25) is 5.02 Å². The Morgan fingerprint density at radius 3 is 2.53 bits per heavy atom. The summed E-state index contributed by atoms with van der Waals surface area (Å²) in [4.78, 5) is 0. The summed E-state index contributed by atoms with van der Waals surface area (Å²) >= 11 is 5.91. The normalized spacial score (nSPS) is 10.5. The second-order valence-electron chi connectivity index (χ2n) is 4.51. The number of aryl methyl sites for hydroxylation is 1. The summed E-state index contributed by atoms with van der Waals surface area (Å²) in [6.45, 7) is 2.68. The van der Waals surface area contributed by atoms with Crippen LogP contribution in [0, 0.1) is 5.82 Å². The van der Waals surface area contributed by atoms with Crippen molar-refractivity contribution in [2.24, 2.45) is 0 Å². The van der Waals surface area contributed by atoms with E-state index in [9.17, 15) is 4.39 Å². The van der Waals surface area contributed by atoms with Crippen LogP contribution in [0.25, 0.3) is 0 Å². The molecule has 0 fully saturated rings. The van der Waals surface area contributed by atoms with Crippen LogP contribution in [0.1, 0.15) is 24.5 Å². The summed E-state index contributed by atoms with van der Waals surface area (Å²) in [5, 5.41) is 3.44. The van der Waals surface area contributed by atoms with Gasteiger partial charge in [-0.15, -0.1) is 0 Å². The molecule has 0 unspecified atom stereocenters. The number of hydrogen-bond acceptors (Lipinski definition) is 1. The Morgan fingerprint density at radius 2 is 1.84 bits per heavy atom. The van der Waals surface area contributed by atoms with E-state index in [0.29, 0.717) is 6.54 Å². The summed E-state index contributed by atoms with van der Waals surface area (Å²) in [6.07, 6.45) is 2.24. The van der Waals surface area contributed by atoms with E-state index in [-0.39, 0.29) is 10.8 Å². The molecule has 2 aromatic rings. The van der Waals surface area contributed by atoms with Gasteiger partial charge in [-0.2, -0.15) is 0 Å². The van der Waals surface area contributed by atoms with Crippen molar-refractivity contribution >= 4 is 17.3 Å². The maximum atomic E-state index is 13.3. The molecule has 0 atom stereocenters. The molecule has 0 aliphatic rings. The van der Waals surface area contributed by atoms with Crippen LogP contribution in [0.15, 0.2) is 42.5 Å². The molecule has 19 heavy (non-hydrogen) atoms. The minimum atomic E-state index is -0.376. The molecule has 3 heteroatoms. The van der Waals surface area contributed by atoms with Crippen molar-refractivity contribution in [3.05, 3.63) is 64.4 Å². The molecule has 2 aromatic carbocycles. The predicted molar refractivity (Wildman–Crippen MR) is 79.2 cm³/mol. The SMILES string of the molecule is CCCc1ccc(NCc2cccc(F)c2Cl)cc1. The van der Waals surface area contributed by atoms with Crippen LogP contribution >= 0.6 is 11.6 Å². The van der Waals surface area contributed by atoms with E-state index in [4.69, 9.17) is 11.6 Å². The fourth-order valence-corrected chi connectivity index (χ4v) is 2.15. The van der Waals surface area contributed by atoms with Crippen LogP contribution in [0.3, 0.4) is 0 Å². The zero-order valence-corrected chi connectivity index (χ0v) is 11.7. The smallest absolute Gasteiger partial charge is 0.142 e. The molecule has 0 radical (unpaired) electrons. The fraction of sp³-hybridized carbons (Fsp3) is 0.250. The molecule has 0 saturated heterocycles. The summed E-state index contributed by atoms with van der Waals surface area (Å²) in [7, 11) is 0. The monoisotopic (exact) mass is 277 g/mol. The Hall–Kier alpha value is -1.54. The van der Waals surface area contributed by atoms with Crippen LogP contribution in [-0.4, -0.2) is 0 Å². The lowest BCUT2D eigenvalue weighted by atomic mass is 10.1. The molecular weight excluding hydrogens is 261 g/mol.